The molecule has 0 fully saturated rings. The summed E-state index contributed by atoms with van der Waals surface area (Å²) in [6, 6.07) is 9.75. The third-order valence-corrected chi connectivity index (χ3v) is 4.93. The summed E-state index contributed by atoms with van der Waals surface area (Å²) < 4.78 is 22.5. The Morgan fingerprint density at radius 2 is 2.09 bits per heavy atom. The maximum absolute atomic E-state index is 5.94. The fraction of sp³-hybridized carbons (Fsp3) is 0.333. The van der Waals surface area contributed by atoms with Crippen molar-refractivity contribution in [3.8, 4) is 17.2 Å². The highest BCUT2D eigenvalue weighted by atomic mass is 16.5. The summed E-state index contributed by atoms with van der Waals surface area (Å²) in [6.45, 7) is 3.56. The molecule has 0 radical (unpaired) electrons. The van der Waals surface area contributed by atoms with Gasteiger partial charge >= 0.3 is 0 Å². The minimum atomic E-state index is 0.479. The van der Waals surface area contributed by atoms with E-state index in [1.807, 2.05) is 30.3 Å². The summed E-state index contributed by atoms with van der Waals surface area (Å²) in [4.78, 5) is 11.2. The van der Waals surface area contributed by atoms with Gasteiger partial charge < -0.3 is 23.9 Å². The standard InChI is InChI=1S/C24H28N4O4/c1-28-9-3-4-10-30-16-18-13-23(32-17-18)21-7-8-25-24(27-21)26-20-5-6-22(19(14-20)15-28)31-12-11-29-2/h3-8,13-14,17H,9-12,15-16H2,1-2H3,(H,25,26,27)/b4-3+. The van der Waals surface area contributed by atoms with Gasteiger partial charge in [0.25, 0.3) is 0 Å². The van der Waals surface area contributed by atoms with E-state index >= 15 is 0 Å². The number of hydrogen-bond donors (Lipinski definition) is 1. The van der Waals surface area contributed by atoms with E-state index in [1.54, 1.807) is 19.6 Å². The number of ether oxygens (including phenoxy) is 3. The van der Waals surface area contributed by atoms with E-state index in [0.717, 1.165) is 35.7 Å². The second-order valence-corrected chi connectivity index (χ2v) is 7.56. The number of likely N-dealkylation sites (N-methyl/N-ethyl adjacent to an activating group) is 1. The highest BCUT2D eigenvalue weighted by Gasteiger charge is 2.11. The largest absolute Gasteiger partial charge is 0.491 e. The van der Waals surface area contributed by atoms with E-state index < -0.39 is 0 Å². The van der Waals surface area contributed by atoms with Gasteiger partial charge in [0.2, 0.25) is 5.95 Å². The van der Waals surface area contributed by atoms with Crippen molar-refractivity contribution >= 4 is 11.6 Å². The van der Waals surface area contributed by atoms with Crippen molar-refractivity contribution in [2.24, 2.45) is 0 Å². The Hall–Kier alpha value is -3.20. The van der Waals surface area contributed by atoms with Gasteiger partial charge in [-0.3, -0.25) is 4.90 Å². The summed E-state index contributed by atoms with van der Waals surface area (Å²) in [7, 11) is 3.74. The zero-order valence-electron chi connectivity index (χ0n) is 18.4. The fourth-order valence-corrected chi connectivity index (χ4v) is 3.35. The number of benzene rings is 1. The van der Waals surface area contributed by atoms with Gasteiger partial charge in [-0.1, -0.05) is 12.2 Å². The first-order valence-corrected chi connectivity index (χ1v) is 10.5. The zero-order chi connectivity index (χ0) is 22.2. The average molecular weight is 437 g/mol. The molecule has 3 heterocycles. The molecule has 0 saturated heterocycles. The predicted molar refractivity (Wildman–Crippen MR) is 122 cm³/mol. The van der Waals surface area contributed by atoms with Crippen LogP contribution in [0.5, 0.6) is 5.75 Å². The van der Waals surface area contributed by atoms with Gasteiger partial charge in [0.05, 0.1) is 26.1 Å². The number of rotatable bonds is 4. The van der Waals surface area contributed by atoms with Crippen LogP contribution in [0.15, 0.2) is 59.4 Å². The van der Waals surface area contributed by atoms with Gasteiger partial charge in [-0.25, -0.2) is 9.97 Å². The SMILES string of the molecule is COCCOc1ccc2cc1CN(C)C/C=C/COCc1coc(c1)-c1ccnc(n1)N2. The molecule has 8 heteroatoms. The molecule has 1 N–H and O–H groups in total. The van der Waals surface area contributed by atoms with Crippen LogP contribution in [0.25, 0.3) is 11.5 Å². The molecule has 8 nitrogen and oxygen atoms in total. The Morgan fingerprint density at radius 1 is 1.16 bits per heavy atom. The van der Waals surface area contributed by atoms with Crippen molar-refractivity contribution < 1.29 is 18.6 Å². The maximum atomic E-state index is 5.94. The maximum Gasteiger partial charge on any atom is 0.227 e. The van der Waals surface area contributed by atoms with Gasteiger partial charge in [-0.2, -0.15) is 0 Å². The topological polar surface area (TPSA) is 81.9 Å². The van der Waals surface area contributed by atoms with Crippen LogP contribution in [0.1, 0.15) is 11.1 Å². The minimum Gasteiger partial charge on any atom is -0.491 e. The first kappa shape index (κ1) is 22.0. The first-order valence-electron chi connectivity index (χ1n) is 10.5. The van der Waals surface area contributed by atoms with Gasteiger partial charge in [0, 0.05) is 43.2 Å². The number of aromatic nitrogens is 2. The summed E-state index contributed by atoms with van der Waals surface area (Å²) >= 11 is 0. The predicted octanol–water partition coefficient (Wildman–Crippen LogP) is 4.02. The zero-order valence-corrected chi connectivity index (χ0v) is 18.4. The molecule has 1 aliphatic heterocycles. The molecule has 0 atom stereocenters. The first-order chi connectivity index (χ1) is 15.7. The van der Waals surface area contributed by atoms with Crippen molar-refractivity contribution in [1.29, 1.82) is 0 Å². The van der Waals surface area contributed by atoms with Crippen LogP contribution in [0.2, 0.25) is 0 Å². The lowest BCUT2D eigenvalue weighted by Gasteiger charge is -2.19. The molecular formula is C24H28N4O4. The smallest absolute Gasteiger partial charge is 0.227 e. The van der Waals surface area contributed by atoms with Crippen LogP contribution in [0.4, 0.5) is 11.6 Å². The minimum absolute atomic E-state index is 0.479. The lowest BCUT2D eigenvalue weighted by atomic mass is 10.1. The third kappa shape index (κ3) is 5.94. The second kappa shape index (κ2) is 10.9. The average Bonchev–Trinajstić information content (AvgIpc) is 3.26. The normalized spacial score (nSPS) is 15.9. The summed E-state index contributed by atoms with van der Waals surface area (Å²) in [5.41, 5.74) is 3.61. The number of furan rings is 1. The van der Waals surface area contributed by atoms with E-state index in [1.165, 1.54) is 0 Å². The van der Waals surface area contributed by atoms with Crippen LogP contribution in [-0.2, 0) is 22.6 Å². The Kier molecular flexibility index (Phi) is 7.50. The lowest BCUT2D eigenvalue weighted by molar-refractivity contribution is 0.145. The molecule has 0 aliphatic carbocycles. The molecule has 3 aromatic rings. The number of fused-ring (bicyclic) bond motifs is 7. The third-order valence-electron chi connectivity index (χ3n) is 4.93. The highest BCUT2D eigenvalue weighted by molar-refractivity contribution is 5.60. The van der Waals surface area contributed by atoms with Crippen molar-refractivity contribution in [3.63, 3.8) is 0 Å². The molecule has 1 aromatic carbocycles. The van der Waals surface area contributed by atoms with Crippen LogP contribution < -0.4 is 10.1 Å². The van der Waals surface area contributed by atoms with Crippen LogP contribution >= 0.6 is 0 Å². The quantitative estimate of drug-likeness (QED) is 0.485. The molecule has 0 spiro atoms. The van der Waals surface area contributed by atoms with Gasteiger partial charge in [-0.15, -0.1) is 0 Å². The Bertz CT molecular complexity index is 1050. The fourth-order valence-electron chi connectivity index (χ4n) is 3.35. The monoisotopic (exact) mass is 436 g/mol. The Balaban J connectivity index is 1.64. The van der Waals surface area contributed by atoms with Crippen LogP contribution in [-0.4, -0.2) is 55.4 Å². The summed E-state index contributed by atoms with van der Waals surface area (Å²) in [5, 5.41) is 3.30. The molecule has 1 aliphatic rings. The van der Waals surface area contributed by atoms with Gasteiger partial charge in [-0.05, 0) is 37.4 Å². The number of anilines is 2. The van der Waals surface area contributed by atoms with E-state index in [-0.39, 0.29) is 0 Å². The van der Waals surface area contributed by atoms with Crippen molar-refractivity contribution in [2.45, 2.75) is 13.2 Å². The number of hydrogen-bond acceptors (Lipinski definition) is 8. The Labute approximate surface area is 187 Å². The molecule has 0 unspecified atom stereocenters. The molecule has 32 heavy (non-hydrogen) atoms. The molecule has 168 valence electrons. The summed E-state index contributed by atoms with van der Waals surface area (Å²) in [5.74, 6) is 2.00. The van der Waals surface area contributed by atoms with Gasteiger partial charge in [0.15, 0.2) is 5.76 Å². The molecule has 0 saturated carbocycles. The van der Waals surface area contributed by atoms with Gasteiger partial charge in [0.1, 0.15) is 18.1 Å². The molecular weight excluding hydrogens is 408 g/mol. The molecule has 2 aromatic heterocycles. The second-order valence-electron chi connectivity index (χ2n) is 7.56. The number of nitrogens with zero attached hydrogens (tertiary/aromatic N) is 3. The van der Waals surface area contributed by atoms with Crippen molar-refractivity contribution in [1.82, 2.24) is 14.9 Å². The summed E-state index contributed by atoms with van der Waals surface area (Å²) in [6.07, 6.45) is 7.55. The van der Waals surface area contributed by atoms with Crippen LogP contribution in [0, 0.1) is 0 Å². The van der Waals surface area contributed by atoms with E-state index in [9.17, 15) is 0 Å². The van der Waals surface area contributed by atoms with E-state index in [2.05, 4.69) is 39.4 Å². The lowest BCUT2D eigenvalue weighted by Crippen LogP contribution is -2.19. The number of methoxy groups -OCH3 is 1. The molecule has 0 amide bonds. The number of nitrogens with one attached hydrogen (secondary N) is 1. The van der Waals surface area contributed by atoms with E-state index in [4.69, 9.17) is 18.6 Å². The van der Waals surface area contributed by atoms with Crippen LogP contribution in [0.3, 0.4) is 0 Å². The Morgan fingerprint density at radius 3 is 3.00 bits per heavy atom. The van der Waals surface area contributed by atoms with Crippen molar-refractivity contribution in [2.75, 3.05) is 45.8 Å². The molecule has 4 rings (SSSR count). The van der Waals surface area contributed by atoms with E-state index in [0.29, 0.717) is 43.8 Å². The highest BCUT2D eigenvalue weighted by Crippen LogP contribution is 2.27. The van der Waals surface area contributed by atoms with Crippen molar-refractivity contribution in [3.05, 3.63) is 66.1 Å². The molecule has 6 bridgehead atoms.